The molecule has 0 radical (unpaired) electrons. The van der Waals surface area contributed by atoms with E-state index in [9.17, 15) is 0 Å². The van der Waals surface area contributed by atoms with Crippen LogP contribution >= 0.6 is 12.2 Å². The Labute approximate surface area is 155 Å². The minimum atomic E-state index is -0.0598. The summed E-state index contributed by atoms with van der Waals surface area (Å²) < 4.78 is 6.27. The molecule has 8 heteroatoms. The third kappa shape index (κ3) is 2.99. The third-order valence-electron chi connectivity index (χ3n) is 4.37. The van der Waals surface area contributed by atoms with E-state index in [1.54, 1.807) is 12.4 Å². The van der Waals surface area contributed by atoms with Gasteiger partial charge < -0.3 is 0 Å². The van der Waals surface area contributed by atoms with Gasteiger partial charge in [0.15, 0.2) is 10.6 Å². The van der Waals surface area contributed by atoms with E-state index in [0.717, 1.165) is 17.2 Å². The van der Waals surface area contributed by atoms with Crippen LogP contribution in [0.5, 0.6) is 0 Å². The molecule has 0 unspecified atom stereocenters. The number of hydrogen-bond acceptors (Lipinski definition) is 4. The van der Waals surface area contributed by atoms with Crippen LogP contribution in [0.1, 0.15) is 30.0 Å². The van der Waals surface area contributed by atoms with E-state index in [4.69, 9.17) is 12.2 Å². The molecule has 0 fully saturated rings. The zero-order chi connectivity index (χ0) is 18.1. The van der Waals surface area contributed by atoms with Crippen molar-refractivity contribution in [2.45, 2.75) is 26.4 Å². The topological polar surface area (TPSA) is 69.2 Å². The van der Waals surface area contributed by atoms with Crippen LogP contribution in [0.3, 0.4) is 0 Å². The highest BCUT2D eigenvalue weighted by molar-refractivity contribution is 7.71. The monoisotopic (exact) mass is 365 g/mol. The molecule has 0 saturated heterocycles. The van der Waals surface area contributed by atoms with E-state index in [1.165, 1.54) is 5.56 Å². The highest BCUT2D eigenvalue weighted by Gasteiger charge is 2.19. The summed E-state index contributed by atoms with van der Waals surface area (Å²) in [5.41, 5.74) is 3.14. The average molecular weight is 365 g/mol. The van der Waals surface area contributed by atoms with Gasteiger partial charge in [-0.2, -0.15) is 15.3 Å². The van der Waals surface area contributed by atoms with E-state index in [1.807, 2.05) is 51.3 Å². The zero-order valence-corrected chi connectivity index (χ0v) is 15.4. The Bertz CT molecular complexity index is 1070. The number of benzene rings is 1. The highest BCUT2D eigenvalue weighted by Crippen LogP contribution is 2.20. The van der Waals surface area contributed by atoms with E-state index in [2.05, 4.69) is 39.5 Å². The van der Waals surface area contributed by atoms with Crippen molar-refractivity contribution < 1.29 is 0 Å². The van der Waals surface area contributed by atoms with Crippen molar-refractivity contribution in [3.05, 3.63) is 76.8 Å². The second kappa shape index (κ2) is 6.72. The predicted octanol–water partition coefficient (Wildman–Crippen LogP) is 3.29. The van der Waals surface area contributed by atoms with Crippen LogP contribution in [0.4, 0.5) is 0 Å². The van der Waals surface area contributed by atoms with E-state index in [0.29, 0.717) is 11.3 Å². The number of nitrogens with one attached hydrogen (secondary N) is 1. The number of aromatic amines is 1. The molecule has 0 amide bonds. The van der Waals surface area contributed by atoms with Crippen LogP contribution in [0.15, 0.2) is 55.0 Å². The third-order valence-corrected chi connectivity index (χ3v) is 4.65. The zero-order valence-electron chi connectivity index (χ0n) is 14.6. The molecule has 0 bridgehead atoms. The summed E-state index contributed by atoms with van der Waals surface area (Å²) in [6.45, 7) is 4.78. The first-order valence-electron chi connectivity index (χ1n) is 8.37. The lowest BCUT2D eigenvalue weighted by atomic mass is 10.2. The Morgan fingerprint density at radius 3 is 2.69 bits per heavy atom. The summed E-state index contributed by atoms with van der Waals surface area (Å²) in [6, 6.07) is 12.1. The summed E-state index contributed by atoms with van der Waals surface area (Å²) in [5.74, 6) is 0.793. The molecule has 4 aromatic rings. The van der Waals surface area contributed by atoms with Crippen LogP contribution in [0.2, 0.25) is 0 Å². The maximum absolute atomic E-state index is 5.45. The average Bonchev–Trinajstić information content (AvgIpc) is 3.35. The van der Waals surface area contributed by atoms with Crippen molar-refractivity contribution in [3.8, 4) is 5.69 Å². The molecular formula is C18H19N7S. The summed E-state index contributed by atoms with van der Waals surface area (Å²) in [4.78, 5) is 0. The number of aryl methyl sites for hydroxylation is 1. The fourth-order valence-corrected chi connectivity index (χ4v) is 3.30. The van der Waals surface area contributed by atoms with Gasteiger partial charge in [-0.15, -0.1) is 0 Å². The SMILES string of the molecule is Cc1ccnn1[C@@H](C)c1n[nH]c(=S)n1-c1cnn(Cc2ccccc2)c1. The molecule has 7 nitrogen and oxygen atoms in total. The Morgan fingerprint density at radius 2 is 1.96 bits per heavy atom. The van der Waals surface area contributed by atoms with Crippen molar-refractivity contribution >= 4 is 12.2 Å². The highest BCUT2D eigenvalue weighted by atomic mass is 32.1. The van der Waals surface area contributed by atoms with Gasteiger partial charge in [0.05, 0.1) is 18.4 Å². The maximum Gasteiger partial charge on any atom is 0.200 e. The molecule has 0 aliphatic carbocycles. The first-order chi connectivity index (χ1) is 12.6. The molecule has 3 aromatic heterocycles. The predicted molar refractivity (Wildman–Crippen MR) is 101 cm³/mol. The van der Waals surface area contributed by atoms with E-state index in [-0.39, 0.29) is 6.04 Å². The molecule has 0 saturated carbocycles. The van der Waals surface area contributed by atoms with Crippen molar-refractivity contribution in [1.82, 2.24) is 34.3 Å². The fourth-order valence-electron chi connectivity index (χ4n) is 3.06. The number of rotatable bonds is 5. The van der Waals surface area contributed by atoms with Gasteiger partial charge in [-0.05, 0) is 37.7 Å². The van der Waals surface area contributed by atoms with Crippen molar-refractivity contribution in [3.63, 3.8) is 0 Å². The Hall–Kier alpha value is -3.00. The molecular weight excluding hydrogens is 346 g/mol. The van der Waals surface area contributed by atoms with Crippen LogP contribution in [0, 0.1) is 11.7 Å². The quantitative estimate of drug-likeness (QED) is 0.551. The largest absolute Gasteiger partial charge is 0.267 e. The Balaban J connectivity index is 1.68. The molecule has 1 atom stereocenters. The first kappa shape index (κ1) is 16.5. The molecule has 0 spiro atoms. The van der Waals surface area contributed by atoms with Crippen molar-refractivity contribution in [2.75, 3.05) is 0 Å². The normalized spacial score (nSPS) is 12.4. The summed E-state index contributed by atoms with van der Waals surface area (Å²) in [5, 5.41) is 16.2. The van der Waals surface area contributed by atoms with Gasteiger partial charge >= 0.3 is 0 Å². The van der Waals surface area contributed by atoms with Crippen LogP contribution in [0.25, 0.3) is 5.69 Å². The summed E-state index contributed by atoms with van der Waals surface area (Å²) >= 11 is 5.45. The van der Waals surface area contributed by atoms with E-state index < -0.39 is 0 Å². The fraction of sp³-hybridized carbons (Fsp3) is 0.222. The molecule has 1 aromatic carbocycles. The lowest BCUT2D eigenvalue weighted by Crippen LogP contribution is -2.15. The van der Waals surface area contributed by atoms with E-state index >= 15 is 0 Å². The Kier molecular flexibility index (Phi) is 4.26. The standard InChI is InChI=1S/C18H19N7S/c1-13-8-9-19-25(13)14(2)17-21-22-18(26)24(17)16-10-20-23(12-16)11-15-6-4-3-5-7-15/h3-10,12,14H,11H2,1-2H3,(H,22,26)/t14-/m0/s1. The second-order valence-electron chi connectivity index (χ2n) is 6.20. The number of hydrogen-bond donors (Lipinski definition) is 1. The van der Waals surface area contributed by atoms with Gasteiger partial charge in [-0.25, -0.2) is 0 Å². The van der Waals surface area contributed by atoms with Gasteiger partial charge in [0.2, 0.25) is 0 Å². The van der Waals surface area contributed by atoms with Crippen LogP contribution < -0.4 is 0 Å². The van der Waals surface area contributed by atoms with Gasteiger partial charge in [0.25, 0.3) is 0 Å². The Morgan fingerprint density at radius 1 is 1.15 bits per heavy atom. The van der Waals surface area contributed by atoms with Gasteiger partial charge in [0.1, 0.15) is 6.04 Å². The maximum atomic E-state index is 5.45. The minimum absolute atomic E-state index is 0.0598. The molecule has 0 aliphatic rings. The minimum Gasteiger partial charge on any atom is -0.267 e. The molecule has 0 aliphatic heterocycles. The first-order valence-corrected chi connectivity index (χ1v) is 8.78. The summed E-state index contributed by atoms with van der Waals surface area (Å²) in [7, 11) is 0. The van der Waals surface area contributed by atoms with Crippen LogP contribution in [-0.4, -0.2) is 34.3 Å². The molecule has 1 N–H and O–H groups in total. The van der Waals surface area contributed by atoms with Crippen molar-refractivity contribution in [1.29, 1.82) is 0 Å². The summed E-state index contributed by atoms with van der Waals surface area (Å²) in [6.07, 6.45) is 5.57. The number of aromatic nitrogens is 7. The molecule has 26 heavy (non-hydrogen) atoms. The number of H-pyrrole nitrogens is 1. The van der Waals surface area contributed by atoms with Gasteiger partial charge in [0, 0.05) is 18.1 Å². The van der Waals surface area contributed by atoms with Gasteiger partial charge in [-0.1, -0.05) is 30.3 Å². The lowest BCUT2D eigenvalue weighted by molar-refractivity contribution is 0.515. The van der Waals surface area contributed by atoms with Crippen molar-refractivity contribution in [2.24, 2.45) is 0 Å². The molecule has 3 heterocycles. The van der Waals surface area contributed by atoms with Crippen LogP contribution in [-0.2, 0) is 6.54 Å². The molecule has 4 rings (SSSR count). The second-order valence-corrected chi connectivity index (χ2v) is 6.58. The van der Waals surface area contributed by atoms with Gasteiger partial charge in [-0.3, -0.25) is 19.0 Å². The molecule has 132 valence electrons. The lowest BCUT2D eigenvalue weighted by Gasteiger charge is -2.14. The number of nitrogens with zero attached hydrogens (tertiary/aromatic N) is 6. The smallest absolute Gasteiger partial charge is 0.200 e.